The standard InChI is InChI=1S/C7H9BrFI/c1-10(2)5-6(9)3-4-7(10)8/h3-5H,1-2H3. The third-order valence-corrected chi connectivity index (χ3v) is 11.8. The molecule has 0 aromatic heterocycles. The molecule has 0 N–H and O–H groups in total. The van der Waals surface area contributed by atoms with E-state index in [9.17, 15) is 4.39 Å². The van der Waals surface area contributed by atoms with Gasteiger partial charge in [-0.2, -0.15) is 0 Å². The van der Waals surface area contributed by atoms with Crippen molar-refractivity contribution in [1.82, 2.24) is 0 Å². The van der Waals surface area contributed by atoms with Crippen LogP contribution in [0.5, 0.6) is 0 Å². The van der Waals surface area contributed by atoms with Crippen molar-refractivity contribution in [3.05, 3.63) is 22.1 Å². The van der Waals surface area contributed by atoms with Crippen molar-refractivity contribution in [2.45, 2.75) is 0 Å². The monoisotopic (exact) mass is 318 g/mol. The van der Waals surface area contributed by atoms with Crippen LogP contribution in [0.2, 0.25) is 0 Å². The van der Waals surface area contributed by atoms with E-state index >= 15 is 0 Å². The Hall–Kier alpha value is 0.490. The third-order valence-electron chi connectivity index (χ3n) is 1.21. The number of hydrogen-bond acceptors (Lipinski definition) is 0. The quantitative estimate of drug-likeness (QED) is 0.475. The zero-order valence-corrected chi connectivity index (χ0v) is 9.61. The minimum absolute atomic E-state index is 0.0791. The third kappa shape index (κ3) is 1.75. The number of allylic oxidation sites excluding steroid dienone is 3. The van der Waals surface area contributed by atoms with E-state index in [4.69, 9.17) is 0 Å². The molecule has 0 saturated carbocycles. The Balaban J connectivity index is 3.22. The van der Waals surface area contributed by atoms with E-state index in [-0.39, 0.29) is 5.83 Å². The van der Waals surface area contributed by atoms with Gasteiger partial charge < -0.3 is 0 Å². The Kier molecular flexibility index (Phi) is 2.45. The van der Waals surface area contributed by atoms with Crippen LogP contribution < -0.4 is 0 Å². The van der Waals surface area contributed by atoms with Gasteiger partial charge in [0.15, 0.2) is 0 Å². The molecule has 0 aliphatic carbocycles. The normalized spacial score (nSPS) is 26.0. The van der Waals surface area contributed by atoms with Crippen LogP contribution in [-0.2, 0) is 0 Å². The Labute approximate surface area is 72.3 Å². The van der Waals surface area contributed by atoms with Gasteiger partial charge in [-0.05, 0) is 0 Å². The van der Waals surface area contributed by atoms with Gasteiger partial charge in [0.2, 0.25) is 0 Å². The summed E-state index contributed by atoms with van der Waals surface area (Å²) in [5.74, 6) is -0.0791. The van der Waals surface area contributed by atoms with Gasteiger partial charge in [0, 0.05) is 0 Å². The summed E-state index contributed by atoms with van der Waals surface area (Å²) in [5, 5.41) is 0. The summed E-state index contributed by atoms with van der Waals surface area (Å²) in [4.78, 5) is 4.28. The zero-order chi connectivity index (χ0) is 7.78. The number of hydrogen-bond donors (Lipinski definition) is 0. The summed E-state index contributed by atoms with van der Waals surface area (Å²) < 4.78 is 15.6. The van der Waals surface area contributed by atoms with Gasteiger partial charge in [0.05, 0.1) is 0 Å². The predicted octanol–water partition coefficient (Wildman–Crippen LogP) is 3.19. The predicted molar refractivity (Wildman–Crippen MR) is 58.1 cm³/mol. The maximum absolute atomic E-state index is 12.6. The molecule has 1 rings (SSSR count). The van der Waals surface area contributed by atoms with Crippen molar-refractivity contribution in [2.24, 2.45) is 0 Å². The fourth-order valence-electron chi connectivity index (χ4n) is 0.654. The van der Waals surface area contributed by atoms with Crippen molar-refractivity contribution in [1.29, 1.82) is 0 Å². The van der Waals surface area contributed by atoms with Crippen molar-refractivity contribution in [3.8, 4) is 0 Å². The second kappa shape index (κ2) is 2.85. The van der Waals surface area contributed by atoms with E-state index < -0.39 is 18.0 Å². The SMILES string of the molecule is CI1(C)=C(Br)C=CC(F)=C1. The average molecular weight is 319 g/mol. The Morgan fingerprint density at radius 1 is 1.40 bits per heavy atom. The van der Waals surface area contributed by atoms with E-state index in [2.05, 4.69) is 25.8 Å². The molecule has 0 amide bonds. The van der Waals surface area contributed by atoms with Crippen LogP contribution in [-0.4, -0.2) is 12.3 Å². The molecule has 0 fully saturated rings. The molecule has 0 bridgehead atoms. The van der Waals surface area contributed by atoms with Gasteiger partial charge >= 0.3 is 72.6 Å². The van der Waals surface area contributed by atoms with Crippen LogP contribution in [0, 0.1) is 0 Å². The first-order valence-corrected chi connectivity index (χ1v) is 10.2. The van der Waals surface area contributed by atoms with Gasteiger partial charge in [-0.15, -0.1) is 0 Å². The van der Waals surface area contributed by atoms with Gasteiger partial charge in [-0.25, -0.2) is 0 Å². The first-order chi connectivity index (χ1) is 4.52. The molecule has 10 heavy (non-hydrogen) atoms. The van der Waals surface area contributed by atoms with Crippen molar-refractivity contribution >= 4 is 36.3 Å². The first-order valence-electron chi connectivity index (χ1n) is 2.74. The van der Waals surface area contributed by atoms with Crippen LogP contribution >= 0.6 is 33.9 Å². The van der Waals surface area contributed by atoms with Crippen LogP contribution in [0.4, 0.5) is 4.39 Å². The van der Waals surface area contributed by atoms with E-state index in [1.807, 2.05) is 6.08 Å². The summed E-state index contributed by atoms with van der Waals surface area (Å²) in [6, 6.07) is 0. The second-order valence-electron chi connectivity index (χ2n) is 2.42. The van der Waals surface area contributed by atoms with Gasteiger partial charge in [-0.1, -0.05) is 0 Å². The molecule has 0 aromatic carbocycles. The molecule has 3 heteroatoms. The van der Waals surface area contributed by atoms with Gasteiger partial charge in [0.1, 0.15) is 0 Å². The first kappa shape index (κ1) is 8.59. The number of rotatable bonds is 0. The summed E-state index contributed by atoms with van der Waals surface area (Å²) in [6.45, 7) is 0. The molecule has 0 saturated heterocycles. The molecule has 0 nitrogen and oxygen atoms in total. The van der Waals surface area contributed by atoms with Crippen LogP contribution in [0.15, 0.2) is 22.1 Å². The molecule has 1 aliphatic rings. The molecule has 0 radical (unpaired) electrons. The van der Waals surface area contributed by atoms with Crippen molar-refractivity contribution < 1.29 is 4.39 Å². The summed E-state index contributed by atoms with van der Waals surface area (Å²) >= 11 is 1.48. The maximum atomic E-state index is 12.6. The van der Waals surface area contributed by atoms with Crippen LogP contribution in [0.1, 0.15) is 0 Å². The second-order valence-corrected chi connectivity index (χ2v) is 14.0. The van der Waals surface area contributed by atoms with E-state index in [1.54, 1.807) is 4.08 Å². The molecular formula is C7H9BrFI. The number of alkyl halides is 2. The fraction of sp³-hybridized carbons (Fsp3) is 0.286. The fourth-order valence-corrected chi connectivity index (χ4v) is 4.47. The zero-order valence-electron chi connectivity index (χ0n) is 5.87. The molecule has 0 unspecified atom stereocenters. The van der Waals surface area contributed by atoms with Crippen molar-refractivity contribution in [2.75, 3.05) is 9.86 Å². The molecule has 0 aromatic rings. The summed E-state index contributed by atoms with van der Waals surface area (Å²) in [7, 11) is 0. The topological polar surface area (TPSA) is 0 Å². The van der Waals surface area contributed by atoms with Gasteiger partial charge in [0.25, 0.3) is 0 Å². The summed E-state index contributed by atoms with van der Waals surface area (Å²) in [5.41, 5.74) is 0. The average Bonchev–Trinajstić information content (AvgIpc) is 1.78. The van der Waals surface area contributed by atoms with E-state index in [1.165, 1.54) is 8.49 Å². The Morgan fingerprint density at radius 3 is 2.40 bits per heavy atom. The Bertz CT molecular complexity index is 257. The van der Waals surface area contributed by atoms with Crippen LogP contribution in [0.3, 0.4) is 0 Å². The van der Waals surface area contributed by atoms with Crippen molar-refractivity contribution in [3.63, 3.8) is 0 Å². The van der Waals surface area contributed by atoms with Gasteiger partial charge in [-0.3, -0.25) is 0 Å². The van der Waals surface area contributed by atoms with E-state index in [0.29, 0.717) is 0 Å². The molecule has 1 heterocycles. The molecule has 0 spiro atoms. The Morgan fingerprint density at radius 2 is 2.00 bits per heavy atom. The van der Waals surface area contributed by atoms with Crippen LogP contribution in [0.25, 0.3) is 0 Å². The molecule has 1 aliphatic heterocycles. The summed E-state index contributed by atoms with van der Waals surface area (Å²) in [6.07, 6.45) is 3.32. The number of halogens is 3. The van der Waals surface area contributed by atoms with E-state index in [0.717, 1.165) is 0 Å². The minimum atomic E-state index is -1.95. The molecule has 0 atom stereocenters. The molecule has 58 valence electrons. The molecular weight excluding hydrogens is 310 g/mol.